The van der Waals surface area contributed by atoms with Gasteiger partial charge in [0.1, 0.15) is 0 Å². The largest absolute Gasteiger partial charge is 0.106 e. The lowest BCUT2D eigenvalue weighted by Crippen LogP contribution is -1.89. The molecule has 0 nitrogen and oxygen atoms in total. The van der Waals surface area contributed by atoms with Crippen LogP contribution in [-0.2, 0) is 0 Å². The molecule has 1 heteroatoms. The van der Waals surface area contributed by atoms with Crippen molar-refractivity contribution in [1.82, 2.24) is 0 Å². The minimum absolute atomic E-state index is 1.02. The van der Waals surface area contributed by atoms with Crippen molar-refractivity contribution in [3.8, 4) is 0 Å². The van der Waals surface area contributed by atoms with E-state index in [2.05, 4.69) is 47.0 Å². The minimum Gasteiger partial charge on any atom is -0.106 e. The summed E-state index contributed by atoms with van der Waals surface area (Å²) in [6.07, 6.45) is 1.02. The molecule has 0 bridgehead atoms. The summed E-state index contributed by atoms with van der Waals surface area (Å²) < 4.78 is 0. The average Bonchev–Trinajstić information content (AvgIpc) is 2.05. The van der Waals surface area contributed by atoms with Crippen LogP contribution in [0.4, 0.5) is 0 Å². The molecule has 0 aliphatic carbocycles. The van der Waals surface area contributed by atoms with Gasteiger partial charge >= 0.3 is 0 Å². The SMILES string of the molecule is C=C(CC)c1ccc(P)cc1. The van der Waals surface area contributed by atoms with E-state index in [1.807, 2.05) is 0 Å². The summed E-state index contributed by atoms with van der Waals surface area (Å²) in [6.45, 7) is 6.09. The molecule has 0 aliphatic heterocycles. The molecule has 0 radical (unpaired) electrons. The Kier molecular flexibility index (Phi) is 2.84. The molecule has 0 amide bonds. The normalized spacial score (nSPS) is 9.64. The first-order valence-electron chi connectivity index (χ1n) is 3.77. The third-order valence-corrected chi connectivity index (χ3v) is 2.13. The second kappa shape index (κ2) is 3.69. The Bertz CT molecular complexity index is 246. The lowest BCUT2D eigenvalue weighted by atomic mass is 10.1. The van der Waals surface area contributed by atoms with Crippen molar-refractivity contribution in [1.29, 1.82) is 0 Å². The third kappa shape index (κ3) is 2.17. The standard InChI is InChI=1S/C10H13P/c1-3-8(2)9-4-6-10(11)7-5-9/h4-7H,2-3,11H2,1H3. The second-order valence-electron chi connectivity index (χ2n) is 2.58. The van der Waals surface area contributed by atoms with E-state index in [-0.39, 0.29) is 0 Å². The Morgan fingerprint density at radius 1 is 1.36 bits per heavy atom. The van der Waals surface area contributed by atoms with Crippen molar-refractivity contribution in [2.75, 3.05) is 0 Å². The second-order valence-corrected chi connectivity index (χ2v) is 3.25. The van der Waals surface area contributed by atoms with Crippen LogP contribution >= 0.6 is 9.24 Å². The summed E-state index contributed by atoms with van der Waals surface area (Å²) in [7, 11) is 2.67. The van der Waals surface area contributed by atoms with Crippen LogP contribution in [0.25, 0.3) is 5.57 Å². The van der Waals surface area contributed by atoms with Crippen molar-refractivity contribution in [2.24, 2.45) is 0 Å². The van der Waals surface area contributed by atoms with Crippen molar-refractivity contribution in [3.05, 3.63) is 36.4 Å². The van der Waals surface area contributed by atoms with E-state index >= 15 is 0 Å². The van der Waals surface area contributed by atoms with E-state index in [0.717, 1.165) is 6.42 Å². The van der Waals surface area contributed by atoms with Gasteiger partial charge in [-0.15, -0.1) is 9.24 Å². The zero-order chi connectivity index (χ0) is 8.27. The highest BCUT2D eigenvalue weighted by atomic mass is 31.0. The molecule has 1 unspecified atom stereocenters. The first kappa shape index (κ1) is 8.49. The zero-order valence-corrected chi connectivity index (χ0v) is 7.96. The number of benzene rings is 1. The molecule has 0 saturated carbocycles. The molecular formula is C10H13P. The molecule has 0 spiro atoms. The summed E-state index contributed by atoms with van der Waals surface area (Å²) in [4.78, 5) is 0. The van der Waals surface area contributed by atoms with Crippen LogP contribution in [0.5, 0.6) is 0 Å². The lowest BCUT2D eigenvalue weighted by Gasteiger charge is -2.01. The Morgan fingerprint density at radius 2 is 1.91 bits per heavy atom. The molecular weight excluding hydrogens is 151 g/mol. The van der Waals surface area contributed by atoms with Gasteiger partial charge in [0.2, 0.25) is 0 Å². The van der Waals surface area contributed by atoms with Gasteiger partial charge in [-0.1, -0.05) is 37.8 Å². The maximum atomic E-state index is 3.97. The molecule has 0 aliphatic rings. The van der Waals surface area contributed by atoms with E-state index in [0.29, 0.717) is 0 Å². The highest BCUT2D eigenvalue weighted by Crippen LogP contribution is 2.13. The fourth-order valence-corrected chi connectivity index (χ4v) is 1.12. The van der Waals surface area contributed by atoms with E-state index in [1.54, 1.807) is 0 Å². The third-order valence-electron chi connectivity index (χ3n) is 1.75. The monoisotopic (exact) mass is 164 g/mol. The number of hydrogen-bond acceptors (Lipinski definition) is 0. The predicted octanol–water partition coefficient (Wildman–Crippen LogP) is 2.61. The van der Waals surface area contributed by atoms with Crippen molar-refractivity contribution in [2.45, 2.75) is 13.3 Å². The molecule has 0 heterocycles. The topological polar surface area (TPSA) is 0 Å². The summed E-state index contributed by atoms with van der Waals surface area (Å²) in [6, 6.07) is 8.38. The van der Waals surface area contributed by atoms with Crippen LogP contribution in [0, 0.1) is 0 Å². The predicted molar refractivity (Wildman–Crippen MR) is 55.1 cm³/mol. The van der Waals surface area contributed by atoms with E-state index in [1.165, 1.54) is 16.4 Å². The van der Waals surface area contributed by atoms with Crippen LogP contribution in [0.1, 0.15) is 18.9 Å². The summed E-state index contributed by atoms with van der Waals surface area (Å²) in [5.74, 6) is 0. The van der Waals surface area contributed by atoms with Gasteiger partial charge in [-0.25, -0.2) is 0 Å². The lowest BCUT2D eigenvalue weighted by molar-refractivity contribution is 1.25. The number of rotatable bonds is 2. The van der Waals surface area contributed by atoms with Crippen molar-refractivity contribution in [3.63, 3.8) is 0 Å². The molecule has 0 N–H and O–H groups in total. The molecule has 0 fully saturated rings. The highest BCUT2D eigenvalue weighted by Gasteiger charge is 1.93. The zero-order valence-electron chi connectivity index (χ0n) is 6.80. The molecule has 1 rings (SSSR count). The van der Waals surface area contributed by atoms with E-state index in [9.17, 15) is 0 Å². The molecule has 0 aromatic heterocycles. The quantitative estimate of drug-likeness (QED) is 0.589. The van der Waals surface area contributed by atoms with E-state index in [4.69, 9.17) is 0 Å². The molecule has 1 atom stereocenters. The Balaban J connectivity index is 2.90. The molecule has 58 valence electrons. The number of allylic oxidation sites excluding steroid dienone is 1. The maximum Gasteiger partial charge on any atom is -0.0230 e. The number of hydrogen-bond donors (Lipinski definition) is 0. The summed E-state index contributed by atoms with van der Waals surface area (Å²) >= 11 is 0. The highest BCUT2D eigenvalue weighted by molar-refractivity contribution is 7.27. The smallest absolute Gasteiger partial charge is 0.0230 e. The average molecular weight is 164 g/mol. The van der Waals surface area contributed by atoms with Crippen LogP contribution in [0.3, 0.4) is 0 Å². The molecule has 0 saturated heterocycles. The van der Waals surface area contributed by atoms with Gasteiger partial charge in [0.25, 0.3) is 0 Å². The Hall–Kier alpha value is -0.610. The van der Waals surface area contributed by atoms with Crippen LogP contribution in [0.2, 0.25) is 0 Å². The van der Waals surface area contributed by atoms with Crippen molar-refractivity contribution < 1.29 is 0 Å². The van der Waals surface area contributed by atoms with Crippen LogP contribution in [-0.4, -0.2) is 0 Å². The molecule has 11 heavy (non-hydrogen) atoms. The Morgan fingerprint density at radius 3 is 2.36 bits per heavy atom. The minimum atomic E-state index is 1.02. The summed E-state index contributed by atoms with van der Waals surface area (Å²) in [5.41, 5.74) is 2.45. The van der Waals surface area contributed by atoms with Gasteiger partial charge in [0, 0.05) is 0 Å². The van der Waals surface area contributed by atoms with Gasteiger partial charge in [-0.2, -0.15) is 0 Å². The molecule has 1 aromatic carbocycles. The van der Waals surface area contributed by atoms with Gasteiger partial charge < -0.3 is 0 Å². The van der Waals surface area contributed by atoms with Crippen LogP contribution < -0.4 is 5.30 Å². The van der Waals surface area contributed by atoms with Gasteiger partial charge in [-0.05, 0) is 22.9 Å². The van der Waals surface area contributed by atoms with Gasteiger partial charge in [-0.3, -0.25) is 0 Å². The first-order chi connectivity index (χ1) is 5.24. The van der Waals surface area contributed by atoms with Crippen LogP contribution in [0.15, 0.2) is 30.8 Å². The Labute approximate surface area is 70.5 Å². The van der Waals surface area contributed by atoms with Gasteiger partial charge in [0.05, 0.1) is 0 Å². The summed E-state index contributed by atoms with van der Waals surface area (Å²) in [5, 5.41) is 1.22. The maximum absolute atomic E-state index is 3.97. The fraction of sp³-hybridized carbons (Fsp3) is 0.200. The van der Waals surface area contributed by atoms with Crippen molar-refractivity contribution >= 4 is 20.1 Å². The van der Waals surface area contributed by atoms with Gasteiger partial charge in [0.15, 0.2) is 0 Å². The fourth-order valence-electron chi connectivity index (χ4n) is 0.923. The molecule has 1 aromatic rings. The van der Waals surface area contributed by atoms with E-state index < -0.39 is 0 Å². The first-order valence-corrected chi connectivity index (χ1v) is 4.35.